The van der Waals surface area contributed by atoms with E-state index < -0.39 is 6.10 Å². The van der Waals surface area contributed by atoms with Crippen molar-refractivity contribution in [3.63, 3.8) is 0 Å². The monoisotopic (exact) mass is 310 g/mol. The van der Waals surface area contributed by atoms with Crippen molar-refractivity contribution in [2.45, 2.75) is 26.9 Å². The predicted octanol–water partition coefficient (Wildman–Crippen LogP) is 4.52. The Morgan fingerprint density at radius 3 is 2.24 bits per heavy atom. The molecule has 0 fully saturated rings. The summed E-state index contributed by atoms with van der Waals surface area (Å²) >= 11 is 5.13. The number of hydrogen-bond acceptors (Lipinski definition) is 2. The molecule has 1 nitrogen and oxygen atoms in total. The van der Waals surface area contributed by atoms with Gasteiger partial charge in [-0.05, 0) is 59.5 Å². The third kappa shape index (κ3) is 2.46. The van der Waals surface area contributed by atoms with E-state index in [1.807, 2.05) is 38.1 Å². The molecule has 90 valence electrons. The molecule has 0 aliphatic rings. The maximum atomic E-state index is 10.5. The highest BCUT2D eigenvalue weighted by Gasteiger charge is 2.18. The molecule has 0 bridgehead atoms. The standard InChI is InChI=1S/C14H15BrOS/c1-8-5-4-6-9(2)13(8)14(16)12-7-11(15)10(3)17-12/h4-7,14,16H,1-3H3. The number of aryl methyl sites for hydroxylation is 3. The molecule has 0 saturated carbocycles. The lowest BCUT2D eigenvalue weighted by Crippen LogP contribution is -2.02. The van der Waals surface area contributed by atoms with Crippen LogP contribution in [0.15, 0.2) is 28.7 Å². The largest absolute Gasteiger partial charge is 0.383 e. The van der Waals surface area contributed by atoms with Gasteiger partial charge in [-0.25, -0.2) is 0 Å². The second kappa shape index (κ2) is 4.92. The molecule has 1 atom stereocenters. The molecule has 0 radical (unpaired) electrons. The van der Waals surface area contributed by atoms with Gasteiger partial charge in [0.25, 0.3) is 0 Å². The molecule has 2 rings (SSSR count). The molecule has 0 spiro atoms. The Balaban J connectivity index is 2.47. The van der Waals surface area contributed by atoms with Crippen LogP contribution in [0.5, 0.6) is 0 Å². The zero-order valence-corrected chi connectivity index (χ0v) is 12.5. The Bertz CT molecular complexity index is 505. The van der Waals surface area contributed by atoms with Gasteiger partial charge in [-0.3, -0.25) is 0 Å². The van der Waals surface area contributed by atoms with Crippen LogP contribution in [0.4, 0.5) is 0 Å². The Labute approximate surface area is 114 Å². The second-order valence-corrected chi connectivity index (χ2v) is 6.40. The van der Waals surface area contributed by atoms with Crippen LogP contribution in [0.2, 0.25) is 0 Å². The molecule has 2 aromatic rings. The van der Waals surface area contributed by atoms with E-state index in [0.717, 1.165) is 26.0 Å². The van der Waals surface area contributed by atoms with Gasteiger partial charge in [0.15, 0.2) is 0 Å². The van der Waals surface area contributed by atoms with Crippen LogP contribution in [-0.2, 0) is 0 Å². The molecule has 0 aliphatic carbocycles. The minimum absolute atomic E-state index is 0.522. The fraction of sp³-hybridized carbons (Fsp3) is 0.286. The van der Waals surface area contributed by atoms with Crippen molar-refractivity contribution in [3.8, 4) is 0 Å². The van der Waals surface area contributed by atoms with Crippen LogP contribution in [0.25, 0.3) is 0 Å². The minimum Gasteiger partial charge on any atom is -0.383 e. The highest BCUT2D eigenvalue weighted by molar-refractivity contribution is 9.10. The van der Waals surface area contributed by atoms with E-state index in [9.17, 15) is 5.11 Å². The number of aliphatic hydroxyl groups is 1. The first-order valence-electron chi connectivity index (χ1n) is 5.50. The average molecular weight is 311 g/mol. The van der Waals surface area contributed by atoms with Gasteiger partial charge in [0.05, 0.1) is 0 Å². The van der Waals surface area contributed by atoms with E-state index in [1.54, 1.807) is 11.3 Å². The average Bonchev–Trinajstić information content (AvgIpc) is 2.59. The van der Waals surface area contributed by atoms with E-state index in [0.29, 0.717) is 0 Å². The number of thiophene rings is 1. The summed E-state index contributed by atoms with van der Waals surface area (Å²) in [5.41, 5.74) is 3.31. The van der Waals surface area contributed by atoms with Crippen molar-refractivity contribution in [3.05, 3.63) is 55.2 Å². The summed E-state index contributed by atoms with van der Waals surface area (Å²) in [6.07, 6.45) is -0.522. The summed E-state index contributed by atoms with van der Waals surface area (Å²) in [4.78, 5) is 2.19. The third-order valence-electron chi connectivity index (χ3n) is 2.96. The maximum Gasteiger partial charge on any atom is 0.114 e. The van der Waals surface area contributed by atoms with Crippen molar-refractivity contribution in [2.75, 3.05) is 0 Å². The molecular weight excluding hydrogens is 296 g/mol. The Morgan fingerprint density at radius 2 is 1.76 bits per heavy atom. The molecule has 0 amide bonds. The Morgan fingerprint density at radius 1 is 1.18 bits per heavy atom. The number of benzene rings is 1. The van der Waals surface area contributed by atoms with Crippen molar-refractivity contribution in [2.24, 2.45) is 0 Å². The summed E-state index contributed by atoms with van der Waals surface area (Å²) in [6.45, 7) is 6.14. The van der Waals surface area contributed by atoms with Crippen molar-refractivity contribution < 1.29 is 5.11 Å². The second-order valence-electron chi connectivity index (χ2n) is 4.26. The molecule has 0 aliphatic heterocycles. The maximum absolute atomic E-state index is 10.5. The normalized spacial score (nSPS) is 12.8. The number of rotatable bonds is 2. The SMILES string of the molecule is Cc1cccc(C)c1C(O)c1cc(Br)c(C)s1. The Kier molecular flexibility index (Phi) is 3.71. The smallest absolute Gasteiger partial charge is 0.114 e. The fourth-order valence-corrected chi connectivity index (χ4v) is 3.57. The lowest BCUT2D eigenvalue weighted by molar-refractivity contribution is 0.222. The van der Waals surface area contributed by atoms with Crippen LogP contribution in [-0.4, -0.2) is 5.11 Å². The first kappa shape index (κ1) is 12.8. The van der Waals surface area contributed by atoms with E-state index in [2.05, 4.69) is 22.9 Å². The first-order chi connectivity index (χ1) is 8.00. The minimum atomic E-state index is -0.522. The summed E-state index contributed by atoms with van der Waals surface area (Å²) < 4.78 is 1.07. The van der Waals surface area contributed by atoms with E-state index in [-0.39, 0.29) is 0 Å². The fourth-order valence-electron chi connectivity index (χ4n) is 2.02. The molecular formula is C14H15BrOS. The number of aliphatic hydroxyl groups excluding tert-OH is 1. The van der Waals surface area contributed by atoms with E-state index in [1.165, 1.54) is 4.88 Å². The summed E-state index contributed by atoms with van der Waals surface area (Å²) in [5, 5.41) is 10.5. The molecule has 1 N–H and O–H groups in total. The zero-order valence-electron chi connectivity index (χ0n) is 10.1. The molecule has 1 unspecified atom stereocenters. The lowest BCUT2D eigenvalue weighted by atomic mass is 9.97. The van der Waals surface area contributed by atoms with Gasteiger partial charge in [0, 0.05) is 14.2 Å². The zero-order chi connectivity index (χ0) is 12.6. The van der Waals surface area contributed by atoms with Crippen LogP contribution < -0.4 is 0 Å². The van der Waals surface area contributed by atoms with Crippen molar-refractivity contribution in [1.82, 2.24) is 0 Å². The topological polar surface area (TPSA) is 20.2 Å². The predicted molar refractivity (Wildman–Crippen MR) is 76.7 cm³/mol. The van der Waals surface area contributed by atoms with Gasteiger partial charge < -0.3 is 5.11 Å². The van der Waals surface area contributed by atoms with Gasteiger partial charge in [-0.15, -0.1) is 11.3 Å². The number of hydrogen-bond donors (Lipinski definition) is 1. The van der Waals surface area contributed by atoms with Gasteiger partial charge >= 0.3 is 0 Å². The van der Waals surface area contributed by atoms with Crippen LogP contribution in [0.1, 0.15) is 32.5 Å². The van der Waals surface area contributed by atoms with Crippen molar-refractivity contribution in [1.29, 1.82) is 0 Å². The molecule has 1 aromatic carbocycles. The lowest BCUT2D eigenvalue weighted by Gasteiger charge is -2.15. The summed E-state index contributed by atoms with van der Waals surface area (Å²) in [6, 6.07) is 8.12. The van der Waals surface area contributed by atoms with Gasteiger partial charge in [0.1, 0.15) is 6.10 Å². The van der Waals surface area contributed by atoms with Crippen LogP contribution in [0, 0.1) is 20.8 Å². The molecule has 1 aromatic heterocycles. The number of halogens is 1. The molecule has 1 heterocycles. The summed E-state index contributed by atoms with van der Waals surface area (Å²) in [5.74, 6) is 0. The highest BCUT2D eigenvalue weighted by Crippen LogP contribution is 2.35. The van der Waals surface area contributed by atoms with Crippen molar-refractivity contribution >= 4 is 27.3 Å². The quantitative estimate of drug-likeness (QED) is 0.864. The van der Waals surface area contributed by atoms with Gasteiger partial charge in [-0.1, -0.05) is 18.2 Å². The highest BCUT2D eigenvalue weighted by atomic mass is 79.9. The van der Waals surface area contributed by atoms with Gasteiger partial charge in [-0.2, -0.15) is 0 Å². The molecule has 17 heavy (non-hydrogen) atoms. The molecule has 3 heteroatoms. The third-order valence-corrected chi connectivity index (χ3v) is 5.15. The van der Waals surface area contributed by atoms with E-state index >= 15 is 0 Å². The van der Waals surface area contributed by atoms with Crippen LogP contribution in [0.3, 0.4) is 0 Å². The van der Waals surface area contributed by atoms with Crippen LogP contribution >= 0.6 is 27.3 Å². The van der Waals surface area contributed by atoms with E-state index in [4.69, 9.17) is 0 Å². The first-order valence-corrected chi connectivity index (χ1v) is 7.11. The summed E-state index contributed by atoms with van der Waals surface area (Å²) in [7, 11) is 0. The Hall–Kier alpha value is -0.640. The van der Waals surface area contributed by atoms with Gasteiger partial charge in [0.2, 0.25) is 0 Å². The molecule has 0 saturated heterocycles.